The Bertz CT molecular complexity index is 609. The van der Waals surface area contributed by atoms with Crippen molar-refractivity contribution in [3.8, 4) is 6.07 Å². The van der Waals surface area contributed by atoms with E-state index in [4.69, 9.17) is 5.26 Å². The Kier molecular flexibility index (Phi) is 5.06. The van der Waals surface area contributed by atoms with Gasteiger partial charge in [-0.15, -0.1) is 0 Å². The highest BCUT2D eigenvalue weighted by Crippen LogP contribution is 1.94. The van der Waals surface area contributed by atoms with Crippen LogP contribution in [0.15, 0.2) is 21.9 Å². The lowest BCUT2D eigenvalue weighted by Gasteiger charge is -2.15. The van der Waals surface area contributed by atoms with Gasteiger partial charge in [0.1, 0.15) is 0 Å². The SMILES string of the molecule is CN(CCC#N)C(=O)CCn1c(=O)ccn(C)c1=O. The molecule has 7 heteroatoms. The molecule has 19 heavy (non-hydrogen) atoms. The Balaban J connectivity index is 2.71. The smallest absolute Gasteiger partial charge is 0.330 e. The summed E-state index contributed by atoms with van der Waals surface area (Å²) in [7, 11) is 3.13. The summed E-state index contributed by atoms with van der Waals surface area (Å²) in [6.07, 6.45) is 1.71. The van der Waals surface area contributed by atoms with Gasteiger partial charge < -0.3 is 9.47 Å². The van der Waals surface area contributed by atoms with Gasteiger partial charge in [0, 0.05) is 45.9 Å². The topological polar surface area (TPSA) is 88.1 Å². The van der Waals surface area contributed by atoms with Crippen molar-refractivity contribution >= 4 is 5.91 Å². The number of carbonyl (C=O) groups excluding carboxylic acids is 1. The molecular formula is C12H16N4O3. The van der Waals surface area contributed by atoms with Crippen molar-refractivity contribution in [2.24, 2.45) is 7.05 Å². The maximum absolute atomic E-state index is 11.7. The van der Waals surface area contributed by atoms with Crippen LogP contribution < -0.4 is 11.2 Å². The van der Waals surface area contributed by atoms with Crippen molar-refractivity contribution in [2.45, 2.75) is 19.4 Å². The molecule has 102 valence electrons. The van der Waals surface area contributed by atoms with Crippen molar-refractivity contribution in [2.75, 3.05) is 13.6 Å². The average Bonchev–Trinajstić information content (AvgIpc) is 2.40. The van der Waals surface area contributed by atoms with E-state index in [1.54, 1.807) is 14.1 Å². The lowest BCUT2D eigenvalue weighted by atomic mass is 10.3. The summed E-state index contributed by atoms with van der Waals surface area (Å²) in [6.45, 7) is 0.388. The van der Waals surface area contributed by atoms with Crippen molar-refractivity contribution in [3.63, 3.8) is 0 Å². The van der Waals surface area contributed by atoms with E-state index < -0.39 is 11.2 Å². The van der Waals surface area contributed by atoms with Crippen molar-refractivity contribution in [3.05, 3.63) is 33.1 Å². The highest BCUT2D eigenvalue weighted by molar-refractivity contribution is 5.75. The Morgan fingerprint density at radius 2 is 2.16 bits per heavy atom. The number of nitriles is 1. The van der Waals surface area contributed by atoms with Gasteiger partial charge in [-0.05, 0) is 0 Å². The van der Waals surface area contributed by atoms with Crippen LogP contribution in [0.4, 0.5) is 0 Å². The van der Waals surface area contributed by atoms with Crippen LogP contribution in [0.3, 0.4) is 0 Å². The highest BCUT2D eigenvalue weighted by atomic mass is 16.2. The molecular weight excluding hydrogens is 248 g/mol. The molecule has 1 rings (SSSR count). The second kappa shape index (κ2) is 6.54. The molecule has 0 bridgehead atoms. The van der Waals surface area contributed by atoms with Gasteiger partial charge in [-0.1, -0.05) is 0 Å². The summed E-state index contributed by atoms with van der Waals surface area (Å²) in [4.78, 5) is 36.4. The summed E-state index contributed by atoms with van der Waals surface area (Å²) in [5.41, 5.74) is -0.865. The van der Waals surface area contributed by atoms with Gasteiger partial charge in [0.2, 0.25) is 5.91 Å². The molecule has 0 saturated heterocycles. The zero-order valence-corrected chi connectivity index (χ0v) is 11.0. The van der Waals surface area contributed by atoms with Gasteiger partial charge in [-0.2, -0.15) is 5.26 Å². The number of aryl methyl sites for hydroxylation is 1. The van der Waals surface area contributed by atoms with Crippen LogP contribution in [0, 0.1) is 11.3 Å². The fourth-order valence-electron chi connectivity index (χ4n) is 1.56. The van der Waals surface area contributed by atoms with Crippen LogP contribution in [0.1, 0.15) is 12.8 Å². The first-order valence-corrected chi connectivity index (χ1v) is 5.84. The minimum Gasteiger partial charge on any atom is -0.345 e. The van der Waals surface area contributed by atoms with Crippen LogP contribution in [-0.4, -0.2) is 33.5 Å². The largest absolute Gasteiger partial charge is 0.345 e. The summed E-state index contributed by atoms with van der Waals surface area (Å²) in [5, 5.41) is 8.43. The lowest BCUT2D eigenvalue weighted by Crippen LogP contribution is -2.39. The number of rotatable bonds is 5. The van der Waals surface area contributed by atoms with E-state index >= 15 is 0 Å². The lowest BCUT2D eigenvalue weighted by molar-refractivity contribution is -0.130. The first kappa shape index (κ1) is 14.7. The molecule has 0 spiro atoms. The first-order valence-electron chi connectivity index (χ1n) is 5.84. The maximum Gasteiger partial charge on any atom is 0.330 e. The average molecular weight is 264 g/mol. The zero-order chi connectivity index (χ0) is 14.4. The molecule has 1 heterocycles. The van der Waals surface area contributed by atoms with Crippen LogP contribution in [0.25, 0.3) is 0 Å². The van der Waals surface area contributed by atoms with Gasteiger partial charge >= 0.3 is 5.69 Å². The van der Waals surface area contributed by atoms with Crippen LogP contribution >= 0.6 is 0 Å². The number of carbonyl (C=O) groups is 1. The molecule has 0 aliphatic heterocycles. The molecule has 0 saturated carbocycles. The van der Waals surface area contributed by atoms with E-state index in [1.807, 2.05) is 6.07 Å². The molecule has 7 nitrogen and oxygen atoms in total. The number of amides is 1. The van der Waals surface area contributed by atoms with Gasteiger partial charge in [-0.3, -0.25) is 14.2 Å². The quantitative estimate of drug-likeness (QED) is 0.704. The predicted octanol–water partition coefficient (Wildman–Crippen LogP) is -0.691. The summed E-state index contributed by atoms with van der Waals surface area (Å²) in [6, 6.07) is 3.23. The summed E-state index contributed by atoms with van der Waals surface area (Å²) >= 11 is 0. The van der Waals surface area contributed by atoms with E-state index in [0.717, 1.165) is 4.57 Å². The Morgan fingerprint density at radius 1 is 1.47 bits per heavy atom. The van der Waals surface area contributed by atoms with E-state index in [1.165, 1.54) is 21.7 Å². The fourth-order valence-corrected chi connectivity index (χ4v) is 1.56. The Morgan fingerprint density at radius 3 is 2.79 bits per heavy atom. The third kappa shape index (κ3) is 3.81. The third-order valence-corrected chi connectivity index (χ3v) is 2.77. The fraction of sp³-hybridized carbons (Fsp3) is 0.500. The second-order valence-corrected chi connectivity index (χ2v) is 4.17. The summed E-state index contributed by atoms with van der Waals surface area (Å²) in [5.74, 6) is -0.201. The van der Waals surface area contributed by atoms with E-state index in [2.05, 4.69) is 0 Å². The molecule has 0 aliphatic rings. The molecule has 0 fully saturated rings. The standard InChI is InChI=1S/C12H16N4O3/c1-14(7-3-6-13)10(17)5-9-16-11(18)4-8-15(2)12(16)19/h4,8H,3,5,7,9H2,1-2H3. The van der Waals surface area contributed by atoms with E-state index in [9.17, 15) is 14.4 Å². The maximum atomic E-state index is 11.7. The van der Waals surface area contributed by atoms with Crippen molar-refractivity contribution in [1.82, 2.24) is 14.0 Å². The molecule has 0 aliphatic carbocycles. The third-order valence-electron chi connectivity index (χ3n) is 2.77. The molecule has 0 N–H and O–H groups in total. The minimum absolute atomic E-state index is 0.0437. The van der Waals surface area contributed by atoms with Crippen LogP contribution in [-0.2, 0) is 18.4 Å². The molecule has 1 aromatic heterocycles. The van der Waals surface area contributed by atoms with E-state index in [0.29, 0.717) is 6.54 Å². The molecule has 1 amide bonds. The van der Waals surface area contributed by atoms with Crippen LogP contribution in [0.2, 0.25) is 0 Å². The molecule has 0 atom stereocenters. The zero-order valence-electron chi connectivity index (χ0n) is 11.0. The van der Waals surface area contributed by atoms with Gasteiger partial charge in [-0.25, -0.2) is 4.79 Å². The van der Waals surface area contributed by atoms with Gasteiger partial charge in [0.05, 0.1) is 12.5 Å². The molecule has 0 aromatic carbocycles. The minimum atomic E-state index is -0.444. The molecule has 1 aromatic rings. The number of hydrogen-bond donors (Lipinski definition) is 0. The van der Waals surface area contributed by atoms with Gasteiger partial charge in [0.25, 0.3) is 5.56 Å². The number of hydrogen-bond acceptors (Lipinski definition) is 4. The predicted molar refractivity (Wildman–Crippen MR) is 68.4 cm³/mol. The Labute approximate surface area is 110 Å². The number of aromatic nitrogens is 2. The highest BCUT2D eigenvalue weighted by Gasteiger charge is 2.10. The molecule has 0 radical (unpaired) electrons. The molecule has 0 unspecified atom stereocenters. The van der Waals surface area contributed by atoms with E-state index in [-0.39, 0.29) is 25.3 Å². The monoisotopic (exact) mass is 264 g/mol. The Hall–Kier alpha value is -2.36. The summed E-state index contributed by atoms with van der Waals surface area (Å²) < 4.78 is 2.31. The number of nitrogens with zero attached hydrogens (tertiary/aromatic N) is 4. The first-order chi connectivity index (χ1) is 8.97. The van der Waals surface area contributed by atoms with Crippen LogP contribution in [0.5, 0.6) is 0 Å². The second-order valence-electron chi connectivity index (χ2n) is 4.17. The van der Waals surface area contributed by atoms with Crippen molar-refractivity contribution in [1.29, 1.82) is 5.26 Å². The normalized spacial score (nSPS) is 9.95. The van der Waals surface area contributed by atoms with Crippen molar-refractivity contribution < 1.29 is 4.79 Å². The van der Waals surface area contributed by atoms with Gasteiger partial charge in [0.15, 0.2) is 0 Å².